The van der Waals surface area contributed by atoms with Gasteiger partial charge in [0.15, 0.2) is 4.34 Å². The van der Waals surface area contributed by atoms with Gasteiger partial charge in [-0.2, -0.15) is 0 Å². The van der Waals surface area contributed by atoms with E-state index in [2.05, 4.69) is 10.3 Å². The number of amides is 1. The third kappa shape index (κ3) is 3.16. The van der Waals surface area contributed by atoms with Gasteiger partial charge >= 0.3 is 0 Å². The molecule has 0 radical (unpaired) electrons. The summed E-state index contributed by atoms with van der Waals surface area (Å²) in [5.41, 5.74) is 7.11. The lowest BCUT2D eigenvalue weighted by molar-refractivity contribution is -0.120. The molecule has 1 aromatic heterocycles. The van der Waals surface area contributed by atoms with Gasteiger partial charge in [0, 0.05) is 12.2 Å². The number of anilines is 1. The Morgan fingerprint density at radius 1 is 1.55 bits per heavy atom. The highest BCUT2D eigenvalue weighted by molar-refractivity contribution is 7.88. The Kier molecular flexibility index (Phi) is 4.72. The molecule has 0 aliphatic heterocycles. The van der Waals surface area contributed by atoms with E-state index in [1.807, 2.05) is 6.92 Å². The zero-order valence-electron chi connectivity index (χ0n) is 11.4. The molecule has 0 spiro atoms. The predicted molar refractivity (Wildman–Crippen MR) is 83.2 cm³/mol. The average Bonchev–Trinajstić information content (AvgIpc) is 2.85. The summed E-state index contributed by atoms with van der Waals surface area (Å²) in [5.74, 6) is -0.205. The minimum atomic E-state index is -1.45. The number of thiazole rings is 1. The Hall–Kier alpha value is -1.47. The van der Waals surface area contributed by atoms with Crippen LogP contribution in [-0.4, -0.2) is 26.9 Å². The molecule has 7 heteroatoms. The Morgan fingerprint density at radius 3 is 3.00 bits per heavy atom. The van der Waals surface area contributed by atoms with Crippen LogP contribution in [0, 0.1) is 0 Å². The number of nitrogen functional groups attached to an aromatic ring is 1. The Bertz CT molecular complexity index is 654. The van der Waals surface area contributed by atoms with Gasteiger partial charge in [0.05, 0.1) is 21.0 Å². The van der Waals surface area contributed by atoms with Crippen molar-refractivity contribution in [1.29, 1.82) is 0 Å². The van der Waals surface area contributed by atoms with Gasteiger partial charge < -0.3 is 11.1 Å². The number of benzene rings is 1. The van der Waals surface area contributed by atoms with Crippen LogP contribution in [0.1, 0.15) is 20.3 Å². The molecule has 108 valence electrons. The fourth-order valence-electron chi connectivity index (χ4n) is 1.65. The van der Waals surface area contributed by atoms with Crippen LogP contribution in [-0.2, 0) is 15.6 Å². The molecule has 1 aromatic carbocycles. The van der Waals surface area contributed by atoms with Gasteiger partial charge in [-0.15, -0.1) is 11.3 Å². The van der Waals surface area contributed by atoms with Crippen molar-refractivity contribution >= 4 is 43.9 Å². The van der Waals surface area contributed by atoms with E-state index in [9.17, 15) is 9.00 Å². The topological polar surface area (TPSA) is 85.1 Å². The molecule has 2 atom stereocenters. The summed E-state index contributed by atoms with van der Waals surface area (Å²) >= 11 is 1.32. The summed E-state index contributed by atoms with van der Waals surface area (Å²) in [6, 6.07) is 5.35. The van der Waals surface area contributed by atoms with Crippen molar-refractivity contribution in [3.63, 3.8) is 0 Å². The summed E-state index contributed by atoms with van der Waals surface area (Å²) in [6.45, 7) is 4.22. The van der Waals surface area contributed by atoms with Crippen molar-refractivity contribution in [3.05, 3.63) is 18.2 Å². The van der Waals surface area contributed by atoms with Gasteiger partial charge in [-0.05, 0) is 31.5 Å². The van der Waals surface area contributed by atoms with Gasteiger partial charge in [0.2, 0.25) is 5.91 Å². The molecule has 0 saturated carbocycles. The molecule has 2 rings (SSSR count). The van der Waals surface area contributed by atoms with Crippen LogP contribution in [0.5, 0.6) is 0 Å². The Morgan fingerprint density at radius 2 is 2.30 bits per heavy atom. The quantitative estimate of drug-likeness (QED) is 0.826. The molecule has 0 bridgehead atoms. The number of carbonyl (C=O) groups excluding carboxylic acids is 1. The fraction of sp³-hybridized carbons (Fsp3) is 0.385. The molecule has 0 fully saturated rings. The average molecular weight is 311 g/mol. The van der Waals surface area contributed by atoms with Crippen molar-refractivity contribution in [3.8, 4) is 0 Å². The molecule has 1 amide bonds. The standard InChI is InChI=1S/C13H17N3O2S2/c1-3-6-15-12(17)8(2)20(18)13-16-10-5-4-9(14)7-11(10)19-13/h4-5,7-8H,3,6,14H2,1-2H3,(H,15,17). The van der Waals surface area contributed by atoms with Crippen LogP contribution >= 0.6 is 11.3 Å². The SMILES string of the molecule is CCCNC(=O)C(C)S(=O)c1nc2ccc(N)cc2s1. The highest BCUT2D eigenvalue weighted by Crippen LogP contribution is 2.27. The molecule has 0 saturated heterocycles. The van der Waals surface area contributed by atoms with E-state index < -0.39 is 16.0 Å². The lowest BCUT2D eigenvalue weighted by Gasteiger charge is -2.09. The number of aromatic nitrogens is 1. The van der Waals surface area contributed by atoms with E-state index in [1.165, 1.54) is 11.3 Å². The zero-order valence-corrected chi connectivity index (χ0v) is 13.0. The molecule has 3 N–H and O–H groups in total. The maximum atomic E-state index is 12.4. The molecule has 2 aromatic rings. The summed E-state index contributed by atoms with van der Waals surface area (Å²) < 4.78 is 13.7. The number of carbonyl (C=O) groups is 1. The first-order valence-corrected chi connectivity index (χ1v) is 8.40. The van der Waals surface area contributed by atoms with Crippen LogP contribution in [0.25, 0.3) is 10.2 Å². The number of fused-ring (bicyclic) bond motifs is 1. The van der Waals surface area contributed by atoms with Gasteiger partial charge in [-0.1, -0.05) is 6.92 Å². The van der Waals surface area contributed by atoms with Crippen molar-refractivity contribution in [2.45, 2.75) is 29.9 Å². The number of rotatable bonds is 5. The predicted octanol–water partition coefficient (Wildman–Crippen LogP) is 1.90. The van der Waals surface area contributed by atoms with Crippen molar-refractivity contribution in [2.24, 2.45) is 0 Å². The first-order chi connectivity index (χ1) is 9.52. The van der Waals surface area contributed by atoms with Gasteiger partial charge in [0.1, 0.15) is 5.25 Å². The van der Waals surface area contributed by atoms with E-state index >= 15 is 0 Å². The lowest BCUT2D eigenvalue weighted by atomic mass is 10.3. The smallest absolute Gasteiger partial charge is 0.235 e. The normalized spacial score (nSPS) is 14.1. The molecule has 0 aliphatic carbocycles. The number of hydrogen-bond acceptors (Lipinski definition) is 5. The molecule has 1 heterocycles. The first kappa shape index (κ1) is 14.9. The van der Waals surface area contributed by atoms with Crippen LogP contribution in [0.3, 0.4) is 0 Å². The van der Waals surface area contributed by atoms with Gasteiger partial charge in [-0.25, -0.2) is 4.98 Å². The maximum Gasteiger partial charge on any atom is 0.235 e. The van der Waals surface area contributed by atoms with E-state index in [4.69, 9.17) is 5.73 Å². The van der Waals surface area contributed by atoms with E-state index in [0.717, 1.165) is 16.6 Å². The van der Waals surface area contributed by atoms with Crippen molar-refractivity contribution in [1.82, 2.24) is 10.3 Å². The number of nitrogens with two attached hydrogens (primary N) is 1. The summed E-state index contributed by atoms with van der Waals surface area (Å²) in [6.07, 6.45) is 0.853. The number of nitrogens with one attached hydrogen (secondary N) is 1. The monoisotopic (exact) mass is 311 g/mol. The third-order valence-electron chi connectivity index (χ3n) is 2.80. The van der Waals surface area contributed by atoms with E-state index in [1.54, 1.807) is 25.1 Å². The molecule has 20 heavy (non-hydrogen) atoms. The summed E-state index contributed by atoms with van der Waals surface area (Å²) in [5, 5.41) is 2.14. The fourth-order valence-corrected chi connectivity index (χ4v) is 4.19. The molecular formula is C13H17N3O2S2. The highest BCUT2D eigenvalue weighted by atomic mass is 32.2. The van der Waals surface area contributed by atoms with Crippen molar-refractivity contribution < 1.29 is 9.00 Å². The second-order valence-corrected chi connectivity index (χ2v) is 7.42. The molecule has 0 aliphatic rings. The second-order valence-electron chi connectivity index (χ2n) is 4.44. The van der Waals surface area contributed by atoms with E-state index in [0.29, 0.717) is 16.6 Å². The van der Waals surface area contributed by atoms with Crippen LogP contribution in [0.4, 0.5) is 5.69 Å². The van der Waals surface area contributed by atoms with Gasteiger partial charge in [-0.3, -0.25) is 9.00 Å². The van der Waals surface area contributed by atoms with Crippen LogP contribution < -0.4 is 11.1 Å². The Balaban J connectivity index is 2.20. The molecular weight excluding hydrogens is 294 g/mol. The van der Waals surface area contributed by atoms with Crippen molar-refractivity contribution in [2.75, 3.05) is 12.3 Å². The lowest BCUT2D eigenvalue weighted by Crippen LogP contribution is -2.35. The Labute approximate surface area is 124 Å². The minimum absolute atomic E-state index is 0.205. The second kappa shape index (κ2) is 6.32. The van der Waals surface area contributed by atoms with E-state index in [-0.39, 0.29) is 5.91 Å². The highest BCUT2D eigenvalue weighted by Gasteiger charge is 2.23. The first-order valence-electron chi connectivity index (χ1n) is 6.37. The van der Waals surface area contributed by atoms with Crippen LogP contribution in [0.2, 0.25) is 0 Å². The summed E-state index contributed by atoms with van der Waals surface area (Å²) in [7, 11) is -1.45. The minimum Gasteiger partial charge on any atom is -0.399 e. The maximum absolute atomic E-state index is 12.4. The molecule has 2 unspecified atom stereocenters. The largest absolute Gasteiger partial charge is 0.399 e. The number of nitrogens with zero attached hydrogens (tertiary/aromatic N) is 1. The van der Waals surface area contributed by atoms with Crippen LogP contribution in [0.15, 0.2) is 22.5 Å². The third-order valence-corrected chi connectivity index (χ3v) is 5.65. The molecule has 5 nitrogen and oxygen atoms in total. The number of hydrogen-bond donors (Lipinski definition) is 2. The zero-order chi connectivity index (χ0) is 14.7. The summed E-state index contributed by atoms with van der Waals surface area (Å²) in [4.78, 5) is 16.2. The van der Waals surface area contributed by atoms with Gasteiger partial charge in [0.25, 0.3) is 0 Å².